The van der Waals surface area contributed by atoms with Crippen LogP contribution in [-0.2, 0) is 6.18 Å². The molecule has 1 aliphatic rings. The smallest absolute Gasteiger partial charge is 0.434 e. The highest BCUT2D eigenvalue weighted by molar-refractivity contribution is 7.17. The number of nitrogens with one attached hydrogen (secondary N) is 3. The molecule has 0 unspecified atom stereocenters. The molecule has 1 aliphatic heterocycles. The summed E-state index contributed by atoms with van der Waals surface area (Å²) in [6.45, 7) is 7.19. The number of anilines is 4. The normalized spacial score (nSPS) is 13.7. The summed E-state index contributed by atoms with van der Waals surface area (Å²) < 4.78 is 47.3. The second-order valence-electron chi connectivity index (χ2n) is 9.43. The molecule has 1 saturated heterocycles. The highest BCUT2D eigenvalue weighted by atomic mass is 32.1. The van der Waals surface area contributed by atoms with Gasteiger partial charge in [-0.25, -0.2) is 15.0 Å². The van der Waals surface area contributed by atoms with Crippen LogP contribution in [0.4, 0.5) is 36.2 Å². The fourth-order valence-corrected chi connectivity index (χ4v) is 5.49. The van der Waals surface area contributed by atoms with Crippen LogP contribution in [0, 0.1) is 13.8 Å². The molecule has 1 amide bonds. The van der Waals surface area contributed by atoms with Gasteiger partial charge in [0.25, 0.3) is 5.91 Å². The number of piperazine rings is 1. The third kappa shape index (κ3) is 6.41. The first-order valence-corrected chi connectivity index (χ1v) is 13.6. The zero-order valence-electron chi connectivity index (χ0n) is 22.6. The van der Waals surface area contributed by atoms with Gasteiger partial charge in [-0.2, -0.15) is 13.2 Å². The highest BCUT2D eigenvalue weighted by Gasteiger charge is 2.38. The fourth-order valence-electron chi connectivity index (χ4n) is 4.52. The zero-order valence-corrected chi connectivity index (χ0v) is 23.4. The molecule has 2 aromatic heterocycles. The van der Waals surface area contributed by atoms with Crippen molar-refractivity contribution in [2.45, 2.75) is 20.0 Å². The van der Waals surface area contributed by atoms with Gasteiger partial charge in [0.2, 0.25) is 5.95 Å². The standard InChI is InChI=1S/C28H28F3N7O2S/c1-16-14-19(6-9-22(16)38-12-10-32-11-13-38)35-25(39)23-17(2)34-26(41-23)21-15-33-27(37-24(21)28(29,30)31)36-18-4-7-20(40-3)8-5-18/h4-9,14-15,32H,10-13H2,1-3H3,(H,35,39)(H,33,36,37). The highest BCUT2D eigenvalue weighted by Crippen LogP contribution is 2.38. The van der Waals surface area contributed by atoms with Crippen LogP contribution in [0.3, 0.4) is 0 Å². The van der Waals surface area contributed by atoms with Gasteiger partial charge in [0.1, 0.15) is 15.6 Å². The summed E-state index contributed by atoms with van der Waals surface area (Å²) in [6, 6.07) is 12.3. The van der Waals surface area contributed by atoms with Crippen LogP contribution in [0.2, 0.25) is 0 Å². The molecule has 13 heteroatoms. The van der Waals surface area contributed by atoms with E-state index in [-0.39, 0.29) is 21.4 Å². The average Bonchev–Trinajstić information content (AvgIpc) is 3.35. The molecule has 1 fully saturated rings. The van der Waals surface area contributed by atoms with Gasteiger partial charge < -0.3 is 25.6 Å². The summed E-state index contributed by atoms with van der Waals surface area (Å²) in [5.74, 6) is -0.0749. The number of benzene rings is 2. The number of ether oxygens (including phenoxy) is 1. The third-order valence-corrected chi connectivity index (χ3v) is 7.74. The Morgan fingerprint density at radius 3 is 2.41 bits per heavy atom. The first-order valence-electron chi connectivity index (χ1n) is 12.8. The molecule has 9 nitrogen and oxygen atoms in total. The molecule has 214 valence electrons. The Balaban J connectivity index is 1.37. The minimum absolute atomic E-state index is 0.00112. The number of carbonyl (C=O) groups excluding carboxylic acids is 1. The predicted molar refractivity (Wildman–Crippen MR) is 153 cm³/mol. The van der Waals surface area contributed by atoms with Crippen LogP contribution in [0.25, 0.3) is 10.6 Å². The van der Waals surface area contributed by atoms with E-state index in [1.54, 1.807) is 31.2 Å². The van der Waals surface area contributed by atoms with Gasteiger partial charge in [-0.15, -0.1) is 11.3 Å². The first kappa shape index (κ1) is 28.3. The maximum absolute atomic E-state index is 14.1. The number of carbonyl (C=O) groups is 1. The van der Waals surface area contributed by atoms with Gasteiger partial charge in [-0.3, -0.25) is 4.79 Å². The van der Waals surface area contributed by atoms with E-state index in [1.165, 1.54) is 7.11 Å². The summed E-state index contributed by atoms with van der Waals surface area (Å²) in [5, 5.41) is 8.95. The van der Waals surface area contributed by atoms with Crippen molar-refractivity contribution >= 4 is 40.3 Å². The van der Waals surface area contributed by atoms with Crippen LogP contribution >= 0.6 is 11.3 Å². The van der Waals surface area contributed by atoms with Crippen molar-refractivity contribution in [3.63, 3.8) is 0 Å². The van der Waals surface area contributed by atoms with Crippen LogP contribution in [0.15, 0.2) is 48.7 Å². The maximum Gasteiger partial charge on any atom is 0.434 e. The number of aromatic nitrogens is 3. The van der Waals surface area contributed by atoms with E-state index in [9.17, 15) is 18.0 Å². The maximum atomic E-state index is 14.1. The van der Waals surface area contributed by atoms with Gasteiger partial charge in [-0.1, -0.05) is 0 Å². The minimum atomic E-state index is -4.78. The monoisotopic (exact) mass is 583 g/mol. The molecular formula is C28H28F3N7O2S. The lowest BCUT2D eigenvalue weighted by atomic mass is 10.1. The molecule has 0 radical (unpaired) electrons. The van der Waals surface area contributed by atoms with Crippen molar-refractivity contribution in [1.29, 1.82) is 0 Å². The Hall–Kier alpha value is -4.23. The largest absolute Gasteiger partial charge is 0.497 e. The van der Waals surface area contributed by atoms with E-state index in [2.05, 4.69) is 35.8 Å². The average molecular weight is 584 g/mol. The molecule has 3 heterocycles. The number of hydrogen-bond acceptors (Lipinski definition) is 9. The van der Waals surface area contributed by atoms with Crippen molar-refractivity contribution < 1.29 is 22.7 Å². The number of rotatable bonds is 7. The van der Waals surface area contributed by atoms with Gasteiger partial charge in [-0.05, 0) is 61.9 Å². The Kier molecular flexibility index (Phi) is 8.08. The molecular weight excluding hydrogens is 555 g/mol. The number of aryl methyl sites for hydroxylation is 2. The van der Waals surface area contributed by atoms with E-state index < -0.39 is 17.8 Å². The lowest BCUT2D eigenvalue weighted by Gasteiger charge is -2.30. The van der Waals surface area contributed by atoms with Gasteiger partial charge in [0, 0.05) is 49.4 Å². The first-order chi connectivity index (χ1) is 19.6. The summed E-state index contributed by atoms with van der Waals surface area (Å²) in [7, 11) is 1.52. The molecule has 5 rings (SSSR count). The van der Waals surface area contributed by atoms with Crippen molar-refractivity contribution in [2.24, 2.45) is 0 Å². The molecule has 41 heavy (non-hydrogen) atoms. The molecule has 0 saturated carbocycles. The second kappa shape index (κ2) is 11.7. The quantitative estimate of drug-likeness (QED) is 0.257. The van der Waals surface area contributed by atoms with E-state index >= 15 is 0 Å². The molecule has 4 aromatic rings. The van der Waals surface area contributed by atoms with Gasteiger partial charge in [0.15, 0.2) is 5.69 Å². The van der Waals surface area contributed by atoms with Crippen LogP contribution in [0.5, 0.6) is 5.75 Å². The summed E-state index contributed by atoms with van der Waals surface area (Å²) in [5.41, 5.74) is 2.06. The Labute approximate surface area is 238 Å². The van der Waals surface area contributed by atoms with E-state index in [1.807, 2.05) is 25.1 Å². The zero-order chi connectivity index (χ0) is 29.1. The number of nitrogens with zero attached hydrogens (tertiary/aromatic N) is 4. The summed E-state index contributed by atoms with van der Waals surface area (Å²) in [6.07, 6.45) is -3.71. The number of halogens is 3. The van der Waals surface area contributed by atoms with E-state index in [0.29, 0.717) is 22.8 Å². The van der Waals surface area contributed by atoms with Gasteiger partial charge >= 0.3 is 6.18 Å². The van der Waals surface area contributed by atoms with Gasteiger partial charge in [0.05, 0.1) is 18.4 Å². The lowest BCUT2D eigenvalue weighted by molar-refractivity contribution is -0.140. The molecule has 0 aliphatic carbocycles. The van der Waals surface area contributed by atoms with E-state index in [0.717, 1.165) is 55.0 Å². The lowest BCUT2D eigenvalue weighted by Crippen LogP contribution is -2.43. The number of alkyl halides is 3. The number of methoxy groups -OCH3 is 1. The van der Waals surface area contributed by atoms with E-state index in [4.69, 9.17) is 4.74 Å². The Morgan fingerprint density at radius 1 is 1.05 bits per heavy atom. The summed E-state index contributed by atoms with van der Waals surface area (Å²) in [4.78, 5) is 27.7. The molecule has 2 aromatic carbocycles. The molecule has 3 N–H and O–H groups in total. The number of amides is 1. The number of hydrogen-bond donors (Lipinski definition) is 3. The summed E-state index contributed by atoms with van der Waals surface area (Å²) >= 11 is 0.862. The SMILES string of the molecule is COc1ccc(Nc2ncc(-c3nc(C)c(C(=O)Nc4ccc(N5CCNCC5)c(C)c4)s3)c(C(F)(F)F)n2)cc1. The van der Waals surface area contributed by atoms with Crippen molar-refractivity contribution in [2.75, 3.05) is 48.8 Å². The van der Waals surface area contributed by atoms with Crippen LogP contribution in [0.1, 0.15) is 26.6 Å². The fraction of sp³-hybridized carbons (Fsp3) is 0.286. The topological polar surface area (TPSA) is 104 Å². The number of thiazole rings is 1. The van der Waals surface area contributed by atoms with Crippen LogP contribution < -0.4 is 25.6 Å². The second-order valence-corrected chi connectivity index (χ2v) is 10.4. The minimum Gasteiger partial charge on any atom is -0.497 e. The Morgan fingerprint density at radius 2 is 1.76 bits per heavy atom. The van der Waals surface area contributed by atoms with Crippen molar-refractivity contribution in [3.8, 4) is 16.3 Å². The van der Waals surface area contributed by atoms with Crippen molar-refractivity contribution in [1.82, 2.24) is 20.3 Å². The molecule has 0 atom stereocenters. The third-order valence-electron chi connectivity index (χ3n) is 6.55. The predicted octanol–water partition coefficient (Wildman–Crippen LogP) is 5.65. The Bertz CT molecular complexity index is 1550. The molecule has 0 spiro atoms. The van der Waals surface area contributed by atoms with Crippen molar-refractivity contribution in [3.05, 3.63) is 70.5 Å². The van der Waals surface area contributed by atoms with Crippen LogP contribution in [-0.4, -0.2) is 54.1 Å². The molecule has 0 bridgehead atoms.